The normalized spacial score (nSPS) is 14.6. The molecule has 1 amide bonds. The van der Waals surface area contributed by atoms with Gasteiger partial charge in [0.05, 0.1) is 40.3 Å². The highest BCUT2D eigenvalue weighted by molar-refractivity contribution is 6.36. The molecule has 248 valence electrons. The van der Waals surface area contributed by atoms with Gasteiger partial charge < -0.3 is 15.2 Å². The zero-order chi connectivity index (χ0) is 34.1. The summed E-state index contributed by atoms with van der Waals surface area (Å²) in [6.45, 7) is 7.69. The zero-order valence-electron chi connectivity index (χ0n) is 26.3. The summed E-state index contributed by atoms with van der Waals surface area (Å²) in [7, 11) is 0. The first-order valence-corrected chi connectivity index (χ1v) is 15.3. The highest BCUT2D eigenvalue weighted by Crippen LogP contribution is 2.48. The van der Waals surface area contributed by atoms with Gasteiger partial charge in [0.2, 0.25) is 5.95 Å². The molecule has 1 aromatic carbocycles. The van der Waals surface area contributed by atoms with Crippen LogP contribution >= 0.6 is 11.6 Å². The number of nitriles is 1. The number of aromatic nitrogens is 5. The van der Waals surface area contributed by atoms with E-state index in [0.29, 0.717) is 28.7 Å². The van der Waals surface area contributed by atoms with Gasteiger partial charge >= 0.3 is 6.09 Å². The number of ether oxygens (including phenoxy) is 1. The van der Waals surface area contributed by atoms with E-state index in [1.807, 2.05) is 20.8 Å². The highest BCUT2D eigenvalue weighted by Gasteiger charge is 2.54. The fourth-order valence-corrected chi connectivity index (χ4v) is 5.48. The van der Waals surface area contributed by atoms with Crippen LogP contribution in [0.1, 0.15) is 68.6 Å². The molecule has 0 aliphatic heterocycles. The highest BCUT2D eigenvalue weighted by atomic mass is 35.5. The number of carbonyl (C=O) groups excluding carboxylic acids is 1. The average Bonchev–Trinajstić information content (AvgIpc) is 3.69. The molecule has 11 nitrogen and oxygen atoms in total. The summed E-state index contributed by atoms with van der Waals surface area (Å²) in [4.78, 5) is 23.6. The molecule has 0 saturated heterocycles. The summed E-state index contributed by atoms with van der Waals surface area (Å²) in [6.07, 6.45) is -0.323. The second-order valence-electron chi connectivity index (χ2n) is 12.7. The van der Waals surface area contributed by atoms with Crippen LogP contribution in [0.5, 0.6) is 0 Å². The number of hydrogen-bond acceptors (Lipinski definition) is 9. The molecule has 47 heavy (non-hydrogen) atoms. The fourth-order valence-electron chi connectivity index (χ4n) is 5.22. The van der Waals surface area contributed by atoms with Gasteiger partial charge in [0.25, 0.3) is 6.43 Å². The third-order valence-corrected chi connectivity index (χ3v) is 8.18. The molecule has 0 bridgehead atoms. The Morgan fingerprint density at radius 2 is 2.04 bits per heavy atom. The minimum atomic E-state index is -2.70. The maximum atomic E-state index is 14.2. The predicted octanol–water partition coefficient (Wildman–Crippen LogP) is 6.52. The van der Waals surface area contributed by atoms with Crippen LogP contribution in [-0.2, 0) is 10.3 Å². The third kappa shape index (κ3) is 6.96. The number of aliphatic hydroxyl groups excluding tert-OH is 1. The number of carbonyl (C=O) groups is 1. The predicted molar refractivity (Wildman–Crippen MR) is 169 cm³/mol. The van der Waals surface area contributed by atoms with Crippen molar-refractivity contribution >= 4 is 40.0 Å². The second kappa shape index (κ2) is 13.3. The lowest BCUT2D eigenvalue weighted by Gasteiger charge is -2.31. The molecule has 2 N–H and O–H groups in total. The molecule has 1 saturated carbocycles. The van der Waals surface area contributed by atoms with Crippen molar-refractivity contribution in [1.29, 1.82) is 5.26 Å². The number of anilines is 2. The standard InChI is InChI=1S/C32H34ClF3N8O3/c1-18-21(6-7-25(34)40-18)28(24-16-43(42-41-24)32(8-9-32)29(35)36)44(30(46)47-11-5-10-45)20-12-22-26(39-17-31(2,3)4)19(14-37)15-38-27(22)23(33)13-20/h6-7,12-13,15-16,28-29,45H,5,8-11,17H2,1-4H3,(H,38,39)/t28-/m0/s1. The van der Waals surface area contributed by atoms with Crippen LogP contribution in [0, 0.1) is 29.6 Å². The number of alkyl halides is 2. The first-order valence-electron chi connectivity index (χ1n) is 15.0. The molecule has 5 rings (SSSR count). The molecule has 0 unspecified atom stereocenters. The number of aliphatic hydroxyl groups is 1. The van der Waals surface area contributed by atoms with Crippen LogP contribution in [0.2, 0.25) is 5.02 Å². The van der Waals surface area contributed by atoms with E-state index in [0.717, 1.165) is 10.7 Å². The van der Waals surface area contributed by atoms with Gasteiger partial charge in [-0.3, -0.25) is 9.88 Å². The van der Waals surface area contributed by atoms with E-state index in [1.165, 1.54) is 36.4 Å². The average molecular weight is 671 g/mol. The summed E-state index contributed by atoms with van der Waals surface area (Å²) < 4.78 is 49.0. The van der Waals surface area contributed by atoms with Gasteiger partial charge in [0.1, 0.15) is 23.3 Å². The minimum absolute atomic E-state index is 0.0822. The molecule has 15 heteroatoms. The molecular weight excluding hydrogens is 637 g/mol. The summed E-state index contributed by atoms with van der Waals surface area (Å²) in [5.41, 5.74) is 0.112. The summed E-state index contributed by atoms with van der Waals surface area (Å²) in [5.74, 6) is -0.765. The number of fused-ring (bicyclic) bond motifs is 1. The number of halogens is 4. The Bertz CT molecular complexity index is 1830. The summed E-state index contributed by atoms with van der Waals surface area (Å²) >= 11 is 6.79. The maximum Gasteiger partial charge on any atom is 0.415 e. The topological polar surface area (TPSA) is 142 Å². The van der Waals surface area contributed by atoms with Gasteiger partial charge in [0, 0.05) is 42.4 Å². The maximum absolute atomic E-state index is 14.2. The molecule has 0 radical (unpaired) electrons. The van der Waals surface area contributed by atoms with Crippen molar-refractivity contribution in [2.24, 2.45) is 5.41 Å². The lowest BCUT2D eigenvalue weighted by molar-refractivity contribution is 0.0593. The molecule has 1 aliphatic carbocycles. The Morgan fingerprint density at radius 3 is 2.66 bits per heavy atom. The van der Waals surface area contributed by atoms with Crippen LogP contribution in [0.3, 0.4) is 0 Å². The van der Waals surface area contributed by atoms with E-state index in [4.69, 9.17) is 16.3 Å². The zero-order valence-corrected chi connectivity index (χ0v) is 27.0. The van der Waals surface area contributed by atoms with Crippen molar-refractivity contribution in [2.45, 2.75) is 65.0 Å². The van der Waals surface area contributed by atoms with Crippen molar-refractivity contribution in [3.05, 3.63) is 70.1 Å². The first-order chi connectivity index (χ1) is 22.3. The Labute approximate surface area is 274 Å². The minimum Gasteiger partial charge on any atom is -0.449 e. The van der Waals surface area contributed by atoms with E-state index in [1.54, 1.807) is 6.07 Å². The number of rotatable bonds is 11. The number of amides is 1. The second-order valence-corrected chi connectivity index (χ2v) is 13.1. The molecule has 1 aliphatic rings. The van der Waals surface area contributed by atoms with Gasteiger partial charge in [-0.15, -0.1) is 5.10 Å². The van der Waals surface area contributed by atoms with Crippen LogP contribution in [0.4, 0.5) is 29.3 Å². The van der Waals surface area contributed by atoms with Gasteiger partial charge in [-0.05, 0) is 43.4 Å². The number of pyridine rings is 2. The van der Waals surface area contributed by atoms with Crippen molar-refractivity contribution in [2.75, 3.05) is 30.0 Å². The van der Waals surface area contributed by atoms with Gasteiger partial charge in [-0.25, -0.2) is 23.2 Å². The van der Waals surface area contributed by atoms with E-state index < -0.39 is 30.0 Å². The summed E-state index contributed by atoms with van der Waals surface area (Å²) in [6, 6.07) is 6.56. The number of benzene rings is 1. The number of hydrogen-bond donors (Lipinski definition) is 2. The number of aryl methyl sites for hydroxylation is 1. The van der Waals surface area contributed by atoms with Crippen LogP contribution in [-0.4, -0.2) is 62.3 Å². The smallest absolute Gasteiger partial charge is 0.415 e. The quantitative estimate of drug-likeness (QED) is 0.135. The van der Waals surface area contributed by atoms with Crippen LogP contribution in [0.25, 0.3) is 10.9 Å². The van der Waals surface area contributed by atoms with E-state index in [-0.39, 0.29) is 65.6 Å². The molecule has 1 atom stereocenters. The molecule has 3 aromatic heterocycles. The third-order valence-electron chi connectivity index (χ3n) is 7.89. The Kier molecular flexibility index (Phi) is 9.60. The van der Waals surface area contributed by atoms with Crippen LogP contribution in [0.15, 0.2) is 36.7 Å². The van der Waals surface area contributed by atoms with Crippen molar-refractivity contribution < 1.29 is 27.8 Å². The Balaban J connectivity index is 1.75. The van der Waals surface area contributed by atoms with E-state index in [9.17, 15) is 28.3 Å². The number of nitrogens with one attached hydrogen (secondary N) is 1. The SMILES string of the molecule is Cc1nc(F)ccc1[C@@H](c1cn(C2(C(F)F)CC2)nn1)N(C(=O)OCCCO)c1cc(Cl)c2ncc(C#N)c(NCC(C)(C)C)c2c1. The molecular formula is C32H34ClF3N8O3. The first kappa shape index (κ1) is 33.9. The Hall–Kier alpha value is -4.48. The van der Waals surface area contributed by atoms with Crippen LogP contribution < -0.4 is 10.2 Å². The van der Waals surface area contributed by atoms with Crippen molar-refractivity contribution in [1.82, 2.24) is 25.0 Å². The molecule has 0 spiro atoms. The Morgan fingerprint density at radius 1 is 1.30 bits per heavy atom. The van der Waals surface area contributed by atoms with Crippen molar-refractivity contribution in [3.8, 4) is 6.07 Å². The fraction of sp³-hybridized carbons (Fsp3) is 0.438. The van der Waals surface area contributed by atoms with E-state index in [2.05, 4.69) is 31.7 Å². The van der Waals surface area contributed by atoms with E-state index >= 15 is 0 Å². The van der Waals surface area contributed by atoms with Gasteiger partial charge in [-0.2, -0.15) is 9.65 Å². The lowest BCUT2D eigenvalue weighted by atomic mass is 9.96. The molecule has 3 heterocycles. The lowest BCUT2D eigenvalue weighted by Crippen LogP contribution is -2.37. The molecule has 1 fully saturated rings. The van der Waals surface area contributed by atoms with Gasteiger partial charge in [-0.1, -0.05) is 43.7 Å². The summed E-state index contributed by atoms with van der Waals surface area (Å²) in [5, 5.41) is 31.4. The molecule has 4 aromatic rings. The van der Waals surface area contributed by atoms with Crippen molar-refractivity contribution in [3.63, 3.8) is 0 Å². The largest absolute Gasteiger partial charge is 0.449 e. The van der Waals surface area contributed by atoms with Gasteiger partial charge in [0.15, 0.2) is 0 Å². The monoisotopic (exact) mass is 670 g/mol. The number of nitrogens with zero attached hydrogens (tertiary/aromatic N) is 7.